The van der Waals surface area contributed by atoms with Gasteiger partial charge in [0.1, 0.15) is 11.3 Å². The summed E-state index contributed by atoms with van der Waals surface area (Å²) in [6.07, 6.45) is 1.17. The molecular formula is C22H20N2O5S. The zero-order valence-electron chi connectivity index (χ0n) is 16.4. The van der Waals surface area contributed by atoms with Gasteiger partial charge in [-0.2, -0.15) is 0 Å². The number of amides is 2. The van der Waals surface area contributed by atoms with Crippen LogP contribution in [0.5, 0.6) is 5.75 Å². The lowest BCUT2D eigenvalue weighted by atomic mass is 10.0. The molecule has 0 spiro atoms. The lowest BCUT2D eigenvalue weighted by Crippen LogP contribution is -2.54. The van der Waals surface area contributed by atoms with Crippen LogP contribution in [-0.2, 0) is 20.8 Å². The van der Waals surface area contributed by atoms with Crippen LogP contribution in [0.15, 0.2) is 54.1 Å². The molecule has 30 heavy (non-hydrogen) atoms. The molecule has 3 rings (SSSR count). The Labute approximate surface area is 179 Å². The van der Waals surface area contributed by atoms with Gasteiger partial charge >= 0.3 is 5.97 Å². The van der Waals surface area contributed by atoms with Crippen molar-refractivity contribution in [2.24, 2.45) is 0 Å². The smallest absolute Gasteiger partial charge is 0.344 e. The second kappa shape index (κ2) is 8.87. The molecule has 7 nitrogen and oxygen atoms in total. The highest BCUT2D eigenvalue weighted by Gasteiger charge is 2.35. The minimum Gasteiger partial charge on any atom is -0.479 e. The van der Waals surface area contributed by atoms with Crippen LogP contribution in [0.25, 0.3) is 6.08 Å². The minimum atomic E-state index is -1.07. The highest BCUT2D eigenvalue weighted by molar-refractivity contribution is 7.80. The average Bonchev–Trinajstić information content (AvgIpc) is 2.72. The maximum absolute atomic E-state index is 13.1. The molecule has 0 aliphatic carbocycles. The summed E-state index contributed by atoms with van der Waals surface area (Å²) in [7, 11) is 0. The molecule has 1 aliphatic rings. The van der Waals surface area contributed by atoms with Crippen molar-refractivity contribution in [1.29, 1.82) is 0 Å². The molecular weight excluding hydrogens is 404 g/mol. The molecule has 1 fully saturated rings. The molecule has 2 amide bonds. The van der Waals surface area contributed by atoms with Crippen LogP contribution < -0.4 is 15.0 Å². The Hall–Kier alpha value is -3.52. The molecule has 8 heteroatoms. The summed E-state index contributed by atoms with van der Waals surface area (Å²) in [6.45, 7) is 3.40. The van der Waals surface area contributed by atoms with Gasteiger partial charge in [-0.3, -0.25) is 19.8 Å². The lowest BCUT2D eigenvalue weighted by Gasteiger charge is -2.30. The fraction of sp³-hybridized carbons (Fsp3) is 0.182. The number of nitrogens with one attached hydrogen (secondary N) is 1. The van der Waals surface area contributed by atoms with E-state index in [1.807, 2.05) is 19.1 Å². The third-order valence-corrected chi connectivity index (χ3v) is 4.85. The normalized spacial score (nSPS) is 16.4. The SMILES string of the molecule is CCc1ccccc1N1C(=O)/C(=C/c2ccc(O[C@H](C)C(=O)O)cc2)C(=O)NC1=S. The third-order valence-electron chi connectivity index (χ3n) is 4.57. The Morgan fingerprint density at radius 2 is 1.87 bits per heavy atom. The van der Waals surface area contributed by atoms with E-state index in [0.29, 0.717) is 23.4 Å². The van der Waals surface area contributed by atoms with E-state index >= 15 is 0 Å². The van der Waals surface area contributed by atoms with Gasteiger partial charge in [-0.25, -0.2) is 4.79 Å². The van der Waals surface area contributed by atoms with Crippen LogP contribution in [0, 0.1) is 0 Å². The summed E-state index contributed by atoms with van der Waals surface area (Å²) >= 11 is 5.25. The van der Waals surface area contributed by atoms with E-state index < -0.39 is 23.9 Å². The Balaban J connectivity index is 1.90. The van der Waals surface area contributed by atoms with Crippen LogP contribution >= 0.6 is 12.2 Å². The molecule has 0 unspecified atom stereocenters. The van der Waals surface area contributed by atoms with Gasteiger partial charge in [0, 0.05) is 0 Å². The molecule has 1 atom stereocenters. The average molecular weight is 424 g/mol. The van der Waals surface area contributed by atoms with Gasteiger partial charge in [0.15, 0.2) is 11.2 Å². The quantitative estimate of drug-likeness (QED) is 0.421. The van der Waals surface area contributed by atoms with Crippen molar-refractivity contribution < 1.29 is 24.2 Å². The van der Waals surface area contributed by atoms with Gasteiger partial charge in [0.2, 0.25) is 0 Å². The van der Waals surface area contributed by atoms with E-state index in [-0.39, 0.29) is 10.7 Å². The van der Waals surface area contributed by atoms with Crippen molar-refractivity contribution in [3.63, 3.8) is 0 Å². The molecule has 2 aromatic rings. The monoisotopic (exact) mass is 424 g/mol. The van der Waals surface area contributed by atoms with Gasteiger partial charge in [-0.15, -0.1) is 0 Å². The number of para-hydroxylation sites is 1. The summed E-state index contributed by atoms with van der Waals surface area (Å²) in [5, 5.41) is 11.5. The fourth-order valence-corrected chi connectivity index (χ4v) is 3.24. The van der Waals surface area contributed by atoms with E-state index in [1.165, 1.54) is 17.9 Å². The number of carboxylic acid groups (broad SMARTS) is 1. The number of thiocarbonyl (C=S) groups is 1. The number of carbonyl (C=O) groups is 3. The van der Waals surface area contributed by atoms with Gasteiger partial charge in [0.05, 0.1) is 5.69 Å². The van der Waals surface area contributed by atoms with E-state index in [1.54, 1.807) is 36.4 Å². The summed E-state index contributed by atoms with van der Waals surface area (Å²) in [5.74, 6) is -1.79. The summed E-state index contributed by atoms with van der Waals surface area (Å²) in [6, 6.07) is 13.8. The zero-order chi connectivity index (χ0) is 21.8. The Bertz CT molecular complexity index is 1050. The molecule has 1 saturated heterocycles. The Kier molecular flexibility index (Phi) is 6.27. The fourth-order valence-electron chi connectivity index (χ4n) is 2.97. The second-order valence-corrected chi connectivity index (χ2v) is 6.99. The van der Waals surface area contributed by atoms with Gasteiger partial charge in [-0.1, -0.05) is 37.3 Å². The Morgan fingerprint density at radius 1 is 1.20 bits per heavy atom. The topological polar surface area (TPSA) is 95.9 Å². The maximum Gasteiger partial charge on any atom is 0.344 e. The molecule has 1 heterocycles. The summed E-state index contributed by atoms with van der Waals surface area (Å²) in [5.41, 5.74) is 2.09. The van der Waals surface area contributed by atoms with E-state index in [2.05, 4.69) is 5.32 Å². The summed E-state index contributed by atoms with van der Waals surface area (Å²) in [4.78, 5) is 37.8. The van der Waals surface area contributed by atoms with E-state index in [0.717, 1.165) is 5.56 Å². The number of hydrogen-bond acceptors (Lipinski definition) is 5. The van der Waals surface area contributed by atoms with Crippen LogP contribution in [0.1, 0.15) is 25.0 Å². The van der Waals surface area contributed by atoms with Crippen LogP contribution in [-0.4, -0.2) is 34.1 Å². The van der Waals surface area contributed by atoms with Crippen molar-refractivity contribution in [3.05, 3.63) is 65.2 Å². The maximum atomic E-state index is 13.1. The van der Waals surface area contributed by atoms with E-state index in [9.17, 15) is 14.4 Å². The molecule has 1 aliphatic heterocycles. The van der Waals surface area contributed by atoms with Crippen LogP contribution in [0.4, 0.5) is 5.69 Å². The number of ether oxygens (including phenoxy) is 1. The third kappa shape index (κ3) is 4.38. The number of rotatable bonds is 6. The standard InChI is InChI=1S/C22H20N2O5S/c1-3-15-6-4-5-7-18(15)24-20(26)17(19(25)23-22(24)30)12-14-8-10-16(11-9-14)29-13(2)21(27)28/h4-13H,3H2,1-2H3,(H,27,28)(H,23,25,30)/b17-12+/t13-/m1/s1. The van der Waals surface area contributed by atoms with Gasteiger partial charge in [-0.05, 0) is 61.0 Å². The van der Waals surface area contributed by atoms with E-state index in [4.69, 9.17) is 22.1 Å². The molecule has 2 aromatic carbocycles. The molecule has 154 valence electrons. The number of anilines is 1. The molecule has 0 radical (unpaired) electrons. The highest BCUT2D eigenvalue weighted by Crippen LogP contribution is 2.26. The molecule has 2 N–H and O–H groups in total. The van der Waals surface area contributed by atoms with Gasteiger partial charge in [0.25, 0.3) is 11.8 Å². The van der Waals surface area contributed by atoms with Crippen LogP contribution in [0.2, 0.25) is 0 Å². The summed E-state index contributed by atoms with van der Waals surface area (Å²) < 4.78 is 5.29. The Morgan fingerprint density at radius 3 is 2.50 bits per heavy atom. The number of carboxylic acids is 1. The highest BCUT2D eigenvalue weighted by atomic mass is 32.1. The second-order valence-electron chi connectivity index (χ2n) is 6.61. The number of benzene rings is 2. The molecule has 0 saturated carbocycles. The van der Waals surface area contributed by atoms with Crippen molar-refractivity contribution >= 4 is 46.9 Å². The number of carbonyl (C=O) groups excluding carboxylic acids is 2. The first-order valence-electron chi connectivity index (χ1n) is 9.30. The lowest BCUT2D eigenvalue weighted by molar-refractivity contribution is -0.144. The number of aryl methyl sites for hydroxylation is 1. The van der Waals surface area contributed by atoms with Gasteiger partial charge < -0.3 is 9.84 Å². The molecule has 0 aromatic heterocycles. The number of nitrogens with zero attached hydrogens (tertiary/aromatic N) is 1. The first kappa shape index (κ1) is 21.2. The first-order chi connectivity index (χ1) is 14.3. The van der Waals surface area contributed by atoms with Crippen molar-refractivity contribution in [2.45, 2.75) is 26.4 Å². The first-order valence-corrected chi connectivity index (χ1v) is 9.71. The molecule has 0 bridgehead atoms. The largest absolute Gasteiger partial charge is 0.479 e. The van der Waals surface area contributed by atoms with Crippen LogP contribution in [0.3, 0.4) is 0 Å². The zero-order valence-corrected chi connectivity index (χ0v) is 17.2. The van der Waals surface area contributed by atoms with Crippen molar-refractivity contribution in [3.8, 4) is 5.75 Å². The van der Waals surface area contributed by atoms with Crippen molar-refractivity contribution in [2.75, 3.05) is 4.90 Å². The van der Waals surface area contributed by atoms with Crippen molar-refractivity contribution in [1.82, 2.24) is 5.32 Å². The number of aliphatic carboxylic acids is 1. The predicted octanol–water partition coefficient (Wildman–Crippen LogP) is 2.93. The predicted molar refractivity (Wildman–Crippen MR) is 116 cm³/mol. The number of hydrogen-bond donors (Lipinski definition) is 2. The minimum absolute atomic E-state index is 0.0365.